The van der Waals surface area contributed by atoms with Gasteiger partial charge in [0.05, 0.1) is 16.8 Å². The number of fused-ring (bicyclic) bond motifs is 3. The maximum absolute atomic E-state index is 14.6. The van der Waals surface area contributed by atoms with Gasteiger partial charge < -0.3 is 14.8 Å². The highest BCUT2D eigenvalue weighted by Crippen LogP contribution is 2.40. The van der Waals surface area contributed by atoms with Gasteiger partial charge in [0.15, 0.2) is 5.54 Å². The van der Waals surface area contributed by atoms with Crippen molar-refractivity contribution in [1.82, 2.24) is 14.8 Å². The lowest BCUT2D eigenvalue weighted by Crippen LogP contribution is -2.64. The van der Waals surface area contributed by atoms with Gasteiger partial charge in [-0.15, -0.1) is 11.3 Å². The molecule has 0 saturated heterocycles. The number of nitrogens with one attached hydrogen (secondary N) is 1. The summed E-state index contributed by atoms with van der Waals surface area (Å²) in [6, 6.07) is 21.8. The van der Waals surface area contributed by atoms with E-state index in [9.17, 15) is 9.59 Å². The Labute approximate surface area is 232 Å². The van der Waals surface area contributed by atoms with Crippen molar-refractivity contribution < 1.29 is 9.59 Å². The van der Waals surface area contributed by atoms with Gasteiger partial charge in [0.1, 0.15) is 5.69 Å². The first-order valence-corrected chi connectivity index (χ1v) is 14.8. The first-order chi connectivity index (χ1) is 18.6. The van der Waals surface area contributed by atoms with Crippen molar-refractivity contribution in [3.63, 3.8) is 0 Å². The molecule has 3 heterocycles. The van der Waals surface area contributed by atoms with Gasteiger partial charge in [0, 0.05) is 17.6 Å². The fraction of sp³-hybridized carbons (Fsp3) is 0.355. The topological polar surface area (TPSA) is 54.3 Å². The zero-order valence-electron chi connectivity index (χ0n) is 21.4. The number of hydrogen-bond donors (Lipinski definition) is 1. The van der Waals surface area contributed by atoms with Gasteiger partial charge in [0.2, 0.25) is 0 Å². The molecule has 2 aromatic carbocycles. The SMILES string of the molecule is O=C1c2cc3sccc3n2CC(C(=O)NC2CCCCCC2)(c2ccccc2)N1CCc1ccc(Cl)cc1. The van der Waals surface area contributed by atoms with Crippen molar-refractivity contribution in [3.8, 4) is 0 Å². The quantitative estimate of drug-likeness (QED) is 0.271. The molecule has 2 aliphatic rings. The molecule has 1 aliphatic carbocycles. The van der Waals surface area contributed by atoms with Gasteiger partial charge in [0.25, 0.3) is 11.8 Å². The molecule has 5 nitrogen and oxygen atoms in total. The molecule has 0 radical (unpaired) electrons. The maximum Gasteiger partial charge on any atom is 0.271 e. The van der Waals surface area contributed by atoms with Crippen LogP contribution in [-0.2, 0) is 23.3 Å². The van der Waals surface area contributed by atoms with E-state index in [0.29, 0.717) is 30.2 Å². The number of benzene rings is 2. The second-order valence-electron chi connectivity index (χ2n) is 10.5. The molecular formula is C31H32ClN3O2S. The normalized spacial score (nSPS) is 20.3. The smallest absolute Gasteiger partial charge is 0.271 e. The number of amides is 2. The molecule has 1 unspecified atom stereocenters. The molecule has 7 heteroatoms. The third-order valence-electron chi connectivity index (χ3n) is 8.19. The summed E-state index contributed by atoms with van der Waals surface area (Å²) in [5.74, 6) is -0.184. The van der Waals surface area contributed by atoms with Crippen molar-refractivity contribution in [2.45, 2.75) is 63.1 Å². The number of carbonyl (C=O) groups is 2. The second kappa shape index (κ2) is 10.6. The lowest BCUT2D eigenvalue weighted by atomic mass is 9.83. The highest BCUT2D eigenvalue weighted by Gasteiger charge is 2.52. The molecule has 1 N–H and O–H groups in total. The third kappa shape index (κ3) is 4.54. The number of nitrogens with zero attached hydrogens (tertiary/aromatic N) is 2. The van der Waals surface area contributed by atoms with E-state index in [2.05, 4.69) is 16.0 Å². The monoisotopic (exact) mass is 545 g/mol. The number of thiophene rings is 1. The van der Waals surface area contributed by atoms with Crippen LogP contribution < -0.4 is 5.32 Å². The summed E-state index contributed by atoms with van der Waals surface area (Å²) in [5.41, 5.74) is 2.43. The van der Waals surface area contributed by atoms with Crippen molar-refractivity contribution in [2.75, 3.05) is 6.54 Å². The van der Waals surface area contributed by atoms with Gasteiger partial charge in [-0.2, -0.15) is 0 Å². The van der Waals surface area contributed by atoms with Crippen molar-refractivity contribution in [3.05, 3.63) is 94.0 Å². The number of hydrogen-bond acceptors (Lipinski definition) is 3. The van der Waals surface area contributed by atoms with Crippen LogP contribution in [0.25, 0.3) is 10.2 Å². The fourth-order valence-corrected chi connectivity index (χ4v) is 7.10. The molecule has 1 fully saturated rings. The van der Waals surface area contributed by atoms with Gasteiger partial charge in [-0.3, -0.25) is 9.59 Å². The molecule has 38 heavy (non-hydrogen) atoms. The lowest BCUT2D eigenvalue weighted by Gasteiger charge is -2.47. The fourth-order valence-electron chi connectivity index (χ4n) is 6.15. The van der Waals surface area contributed by atoms with E-state index in [4.69, 9.17) is 11.6 Å². The third-order valence-corrected chi connectivity index (χ3v) is 9.29. The molecule has 4 aromatic rings. The summed E-state index contributed by atoms with van der Waals surface area (Å²) in [4.78, 5) is 30.7. The average molecular weight is 546 g/mol. The van der Waals surface area contributed by atoms with E-state index in [1.807, 2.05) is 70.9 Å². The zero-order valence-corrected chi connectivity index (χ0v) is 22.9. The second-order valence-corrected chi connectivity index (χ2v) is 11.9. The van der Waals surface area contributed by atoms with Crippen molar-refractivity contribution in [2.24, 2.45) is 0 Å². The van der Waals surface area contributed by atoms with Crippen LogP contribution in [0.1, 0.15) is 60.1 Å². The molecule has 196 valence electrons. The van der Waals surface area contributed by atoms with E-state index in [-0.39, 0.29) is 17.9 Å². The zero-order chi connectivity index (χ0) is 26.1. The first kappa shape index (κ1) is 25.2. The maximum atomic E-state index is 14.6. The molecule has 2 amide bonds. The Morgan fingerprint density at radius 2 is 1.74 bits per heavy atom. The Hall–Kier alpha value is -3.09. The number of rotatable bonds is 6. The van der Waals surface area contributed by atoms with E-state index in [0.717, 1.165) is 47.0 Å². The predicted octanol–water partition coefficient (Wildman–Crippen LogP) is 6.79. The largest absolute Gasteiger partial charge is 0.351 e. The van der Waals surface area contributed by atoms with Gasteiger partial charge in [-0.05, 0) is 60.0 Å². The van der Waals surface area contributed by atoms with Crippen LogP contribution in [0, 0.1) is 0 Å². The minimum atomic E-state index is -1.15. The molecule has 0 bridgehead atoms. The first-order valence-electron chi connectivity index (χ1n) is 13.6. The van der Waals surface area contributed by atoms with E-state index in [1.165, 1.54) is 12.8 Å². The van der Waals surface area contributed by atoms with Crippen molar-refractivity contribution >= 4 is 45.0 Å². The van der Waals surface area contributed by atoms with Crippen LogP contribution in [0.4, 0.5) is 0 Å². The Morgan fingerprint density at radius 3 is 2.47 bits per heavy atom. The van der Waals surface area contributed by atoms with E-state index >= 15 is 0 Å². The van der Waals surface area contributed by atoms with Gasteiger partial charge >= 0.3 is 0 Å². The highest BCUT2D eigenvalue weighted by atomic mass is 35.5. The summed E-state index contributed by atoms with van der Waals surface area (Å²) in [6.45, 7) is 0.809. The average Bonchev–Trinajstić information content (AvgIpc) is 3.43. The number of aromatic nitrogens is 1. The number of halogens is 1. The van der Waals surface area contributed by atoms with E-state index in [1.54, 1.807) is 11.3 Å². The van der Waals surface area contributed by atoms with Crippen LogP contribution in [0.15, 0.2) is 72.1 Å². The Kier molecular flexibility index (Phi) is 7.02. The van der Waals surface area contributed by atoms with Crippen molar-refractivity contribution in [1.29, 1.82) is 0 Å². The summed E-state index contributed by atoms with van der Waals surface area (Å²) < 4.78 is 3.13. The molecule has 1 atom stereocenters. The Bertz CT molecular complexity index is 1440. The highest BCUT2D eigenvalue weighted by molar-refractivity contribution is 7.17. The Balaban J connectivity index is 1.46. The van der Waals surface area contributed by atoms with E-state index < -0.39 is 5.54 Å². The summed E-state index contributed by atoms with van der Waals surface area (Å²) in [7, 11) is 0. The minimum absolute atomic E-state index is 0.0808. The molecule has 1 saturated carbocycles. The molecule has 1 aliphatic heterocycles. The summed E-state index contributed by atoms with van der Waals surface area (Å²) >= 11 is 7.75. The molecule has 0 spiro atoms. The summed E-state index contributed by atoms with van der Waals surface area (Å²) in [5, 5.41) is 6.16. The van der Waals surface area contributed by atoms with Crippen LogP contribution in [0.5, 0.6) is 0 Å². The van der Waals surface area contributed by atoms with Gasteiger partial charge in [-0.1, -0.05) is 79.7 Å². The molecule has 2 aromatic heterocycles. The van der Waals surface area contributed by atoms with Gasteiger partial charge in [-0.25, -0.2) is 0 Å². The standard InChI is InChI=1S/C31H32ClN3O2S/c32-24-14-12-22(13-15-24)16-18-35-29(36)27-20-28-26(17-19-38-28)34(27)21-31(35,23-8-4-3-5-9-23)30(37)33-25-10-6-1-2-7-11-25/h3-5,8-9,12-15,17,19-20,25H,1-2,6-7,10-11,16,18,21H2,(H,33,37). The lowest BCUT2D eigenvalue weighted by molar-refractivity contribution is -0.135. The minimum Gasteiger partial charge on any atom is -0.351 e. The predicted molar refractivity (Wildman–Crippen MR) is 154 cm³/mol. The molecule has 6 rings (SSSR count). The number of carbonyl (C=O) groups excluding carboxylic acids is 2. The van der Waals surface area contributed by atoms with Crippen LogP contribution in [0.3, 0.4) is 0 Å². The Morgan fingerprint density at radius 1 is 1.00 bits per heavy atom. The summed E-state index contributed by atoms with van der Waals surface area (Å²) in [6.07, 6.45) is 7.27. The van der Waals surface area contributed by atoms with Crippen LogP contribution in [0.2, 0.25) is 5.02 Å². The van der Waals surface area contributed by atoms with Crippen LogP contribution >= 0.6 is 22.9 Å². The van der Waals surface area contributed by atoms with Crippen LogP contribution in [-0.4, -0.2) is 33.9 Å². The molecular weight excluding hydrogens is 514 g/mol.